The maximum absolute atomic E-state index is 5.77. The lowest BCUT2D eigenvalue weighted by Crippen LogP contribution is -2.27. The molecule has 0 radical (unpaired) electrons. The van der Waals surface area contributed by atoms with Gasteiger partial charge in [-0.2, -0.15) is 0 Å². The number of aromatic nitrogens is 2. The Kier molecular flexibility index (Phi) is 4.31. The van der Waals surface area contributed by atoms with E-state index < -0.39 is 0 Å². The average molecular weight is 294 g/mol. The molecule has 0 saturated carbocycles. The van der Waals surface area contributed by atoms with Gasteiger partial charge in [0.2, 0.25) is 0 Å². The lowest BCUT2D eigenvalue weighted by atomic mass is 9.91. The fraction of sp³-hybridized carbons (Fsp3) is 0.385. The molecule has 6 heteroatoms. The largest absolute Gasteiger partial charge is 0.383 e. The standard InChI is InChI=1S/C13H18N4S2/c1-13(2,9-5-4-6-19-9)8-15-11-7-10(14)16-12(17-11)18-3/h4-7H,8H2,1-3H3,(H3,14,15,16,17). The summed E-state index contributed by atoms with van der Waals surface area (Å²) < 4.78 is 0. The zero-order valence-corrected chi connectivity index (χ0v) is 12.9. The summed E-state index contributed by atoms with van der Waals surface area (Å²) in [7, 11) is 0. The number of nitrogen functional groups attached to an aromatic ring is 1. The van der Waals surface area contributed by atoms with E-state index in [0.29, 0.717) is 11.0 Å². The van der Waals surface area contributed by atoms with Crippen molar-refractivity contribution in [3.63, 3.8) is 0 Å². The predicted molar refractivity (Wildman–Crippen MR) is 84.1 cm³/mol. The van der Waals surface area contributed by atoms with E-state index in [1.54, 1.807) is 17.4 Å². The van der Waals surface area contributed by atoms with Gasteiger partial charge in [0.05, 0.1) is 0 Å². The third kappa shape index (κ3) is 3.61. The van der Waals surface area contributed by atoms with E-state index in [0.717, 1.165) is 12.4 Å². The van der Waals surface area contributed by atoms with Gasteiger partial charge in [0.15, 0.2) is 5.16 Å². The zero-order valence-electron chi connectivity index (χ0n) is 11.3. The molecule has 0 spiro atoms. The maximum atomic E-state index is 5.77. The molecular weight excluding hydrogens is 276 g/mol. The molecule has 0 saturated heterocycles. The molecule has 0 aromatic carbocycles. The van der Waals surface area contributed by atoms with Crippen molar-refractivity contribution in [2.24, 2.45) is 0 Å². The summed E-state index contributed by atoms with van der Waals surface area (Å²) in [4.78, 5) is 9.89. The highest BCUT2D eigenvalue weighted by Crippen LogP contribution is 2.28. The lowest BCUT2D eigenvalue weighted by molar-refractivity contribution is 0.568. The van der Waals surface area contributed by atoms with Crippen molar-refractivity contribution in [3.8, 4) is 0 Å². The first kappa shape index (κ1) is 14.1. The van der Waals surface area contributed by atoms with Gasteiger partial charge in [0, 0.05) is 22.9 Å². The first-order chi connectivity index (χ1) is 9.01. The van der Waals surface area contributed by atoms with Crippen molar-refractivity contribution < 1.29 is 0 Å². The molecule has 19 heavy (non-hydrogen) atoms. The molecule has 2 aromatic rings. The van der Waals surface area contributed by atoms with E-state index in [4.69, 9.17) is 5.73 Å². The molecule has 0 bridgehead atoms. The van der Waals surface area contributed by atoms with Crippen molar-refractivity contribution in [3.05, 3.63) is 28.5 Å². The minimum absolute atomic E-state index is 0.0629. The highest BCUT2D eigenvalue weighted by Gasteiger charge is 2.21. The van der Waals surface area contributed by atoms with E-state index in [1.165, 1.54) is 16.6 Å². The minimum atomic E-state index is 0.0629. The van der Waals surface area contributed by atoms with Gasteiger partial charge in [0.25, 0.3) is 0 Å². The fourth-order valence-electron chi connectivity index (χ4n) is 1.69. The Morgan fingerprint density at radius 2 is 2.21 bits per heavy atom. The molecule has 0 aliphatic heterocycles. The summed E-state index contributed by atoms with van der Waals surface area (Å²) in [5, 5.41) is 6.14. The third-order valence-corrected chi connectivity index (χ3v) is 4.59. The Morgan fingerprint density at radius 3 is 2.84 bits per heavy atom. The van der Waals surface area contributed by atoms with Crippen molar-refractivity contribution in [2.75, 3.05) is 23.9 Å². The maximum Gasteiger partial charge on any atom is 0.191 e. The quantitative estimate of drug-likeness (QED) is 0.655. The van der Waals surface area contributed by atoms with Crippen LogP contribution in [0.4, 0.5) is 11.6 Å². The highest BCUT2D eigenvalue weighted by atomic mass is 32.2. The number of nitrogens with one attached hydrogen (secondary N) is 1. The number of thioether (sulfide) groups is 1. The fourth-order valence-corrected chi connectivity index (χ4v) is 2.93. The zero-order chi connectivity index (χ0) is 13.9. The number of nitrogens with two attached hydrogens (primary N) is 1. The predicted octanol–water partition coefficient (Wildman–Crippen LogP) is 3.23. The van der Waals surface area contributed by atoms with Crippen molar-refractivity contribution >= 4 is 34.7 Å². The van der Waals surface area contributed by atoms with E-state index in [9.17, 15) is 0 Å². The molecular formula is C13H18N4S2. The van der Waals surface area contributed by atoms with E-state index in [2.05, 4.69) is 46.6 Å². The molecule has 4 nitrogen and oxygen atoms in total. The number of thiophene rings is 1. The molecule has 0 aliphatic rings. The van der Waals surface area contributed by atoms with Crippen LogP contribution in [0, 0.1) is 0 Å². The summed E-state index contributed by atoms with van der Waals surface area (Å²) in [5.74, 6) is 1.28. The third-order valence-electron chi connectivity index (χ3n) is 2.81. The summed E-state index contributed by atoms with van der Waals surface area (Å²) in [6, 6.07) is 6.01. The van der Waals surface area contributed by atoms with Crippen LogP contribution in [0.25, 0.3) is 0 Å². The van der Waals surface area contributed by atoms with Crippen LogP contribution in [-0.4, -0.2) is 22.8 Å². The average Bonchev–Trinajstić information content (AvgIpc) is 2.90. The molecule has 2 aromatic heterocycles. The van der Waals surface area contributed by atoms with E-state index in [1.807, 2.05) is 6.26 Å². The van der Waals surface area contributed by atoms with Gasteiger partial charge in [0.1, 0.15) is 11.6 Å². The van der Waals surface area contributed by atoms with Gasteiger partial charge in [-0.25, -0.2) is 9.97 Å². The Morgan fingerprint density at radius 1 is 1.42 bits per heavy atom. The van der Waals surface area contributed by atoms with Gasteiger partial charge in [-0.05, 0) is 17.7 Å². The number of rotatable bonds is 5. The lowest BCUT2D eigenvalue weighted by Gasteiger charge is -2.24. The van der Waals surface area contributed by atoms with Crippen LogP contribution in [0.3, 0.4) is 0 Å². The molecule has 102 valence electrons. The summed E-state index contributed by atoms with van der Waals surface area (Å²) in [6.07, 6.45) is 1.94. The Hall–Kier alpha value is -1.27. The van der Waals surface area contributed by atoms with Crippen molar-refractivity contribution in [1.29, 1.82) is 0 Å². The number of anilines is 2. The minimum Gasteiger partial charge on any atom is -0.383 e. The Balaban J connectivity index is 2.08. The Bertz CT molecular complexity index is 538. The molecule has 3 N–H and O–H groups in total. The van der Waals surface area contributed by atoms with E-state index >= 15 is 0 Å². The van der Waals surface area contributed by atoms with Crippen LogP contribution in [0.15, 0.2) is 28.7 Å². The highest BCUT2D eigenvalue weighted by molar-refractivity contribution is 7.98. The second-order valence-corrected chi connectivity index (χ2v) is 6.60. The van der Waals surface area contributed by atoms with Gasteiger partial charge in [-0.1, -0.05) is 31.7 Å². The number of hydrogen-bond acceptors (Lipinski definition) is 6. The van der Waals surface area contributed by atoms with Crippen LogP contribution < -0.4 is 11.1 Å². The topological polar surface area (TPSA) is 63.8 Å². The van der Waals surface area contributed by atoms with Crippen LogP contribution in [0.5, 0.6) is 0 Å². The Labute approximate surface area is 121 Å². The molecule has 2 heterocycles. The van der Waals surface area contributed by atoms with Gasteiger partial charge >= 0.3 is 0 Å². The first-order valence-corrected chi connectivity index (χ1v) is 8.08. The van der Waals surface area contributed by atoms with Crippen LogP contribution in [-0.2, 0) is 5.41 Å². The second-order valence-electron chi connectivity index (χ2n) is 4.88. The van der Waals surface area contributed by atoms with Gasteiger partial charge < -0.3 is 11.1 Å². The van der Waals surface area contributed by atoms with Crippen molar-refractivity contribution in [2.45, 2.75) is 24.4 Å². The van der Waals surface area contributed by atoms with Crippen LogP contribution in [0.1, 0.15) is 18.7 Å². The molecule has 2 rings (SSSR count). The SMILES string of the molecule is CSc1nc(N)cc(NCC(C)(C)c2cccs2)n1. The molecule has 0 atom stereocenters. The smallest absolute Gasteiger partial charge is 0.191 e. The normalized spacial score (nSPS) is 11.5. The number of hydrogen-bond donors (Lipinski definition) is 2. The van der Waals surface area contributed by atoms with Gasteiger partial charge in [-0.15, -0.1) is 11.3 Å². The first-order valence-electron chi connectivity index (χ1n) is 5.98. The monoisotopic (exact) mass is 294 g/mol. The molecule has 0 fully saturated rings. The molecule has 0 amide bonds. The summed E-state index contributed by atoms with van der Waals surface area (Å²) in [5.41, 5.74) is 5.83. The van der Waals surface area contributed by atoms with Crippen molar-refractivity contribution in [1.82, 2.24) is 9.97 Å². The second kappa shape index (κ2) is 5.79. The molecule has 0 aliphatic carbocycles. The number of nitrogens with zero attached hydrogens (tertiary/aromatic N) is 2. The van der Waals surface area contributed by atoms with E-state index in [-0.39, 0.29) is 5.41 Å². The molecule has 0 unspecified atom stereocenters. The van der Waals surface area contributed by atoms with Crippen LogP contribution >= 0.6 is 23.1 Å². The van der Waals surface area contributed by atoms with Crippen LogP contribution in [0.2, 0.25) is 0 Å². The van der Waals surface area contributed by atoms with Gasteiger partial charge in [-0.3, -0.25) is 0 Å². The summed E-state index contributed by atoms with van der Waals surface area (Å²) in [6.45, 7) is 5.23. The summed E-state index contributed by atoms with van der Waals surface area (Å²) >= 11 is 3.26.